The lowest BCUT2D eigenvalue weighted by molar-refractivity contribution is -0.119. The highest BCUT2D eigenvalue weighted by molar-refractivity contribution is 6.76. The molecule has 0 saturated carbocycles. The number of amides is 1. The van der Waals surface area contributed by atoms with Crippen molar-refractivity contribution in [1.29, 1.82) is 0 Å². The van der Waals surface area contributed by atoms with Crippen molar-refractivity contribution in [1.82, 2.24) is 0 Å². The average molecular weight is 458 g/mol. The molecule has 0 spiro atoms. The minimum Gasteiger partial charge on any atom is -0.504 e. The number of β-lactam (4-membered cyclic amide) rings is 1. The van der Waals surface area contributed by atoms with Gasteiger partial charge in [0.25, 0.3) is 5.91 Å². The molecule has 1 atom stereocenters. The fraction of sp³-hybridized carbons (Fsp3) is 0.375. The van der Waals surface area contributed by atoms with Crippen molar-refractivity contribution < 1.29 is 28.8 Å². The lowest BCUT2D eigenvalue weighted by atomic mass is 9.87. The number of ether oxygens (including phenoxy) is 4. The number of carbonyl (C=O) groups is 1. The third kappa shape index (κ3) is 4.41. The molecule has 1 amide bonds. The second-order valence-electron chi connectivity index (χ2n) is 8.82. The van der Waals surface area contributed by atoms with E-state index in [0.29, 0.717) is 34.3 Å². The van der Waals surface area contributed by atoms with E-state index in [1.165, 1.54) is 28.4 Å². The predicted molar refractivity (Wildman–Crippen MR) is 127 cm³/mol. The van der Waals surface area contributed by atoms with Gasteiger partial charge < -0.3 is 24.1 Å². The van der Waals surface area contributed by atoms with Gasteiger partial charge in [-0.15, -0.1) is 0 Å². The van der Waals surface area contributed by atoms with Gasteiger partial charge in [-0.3, -0.25) is 9.69 Å². The van der Waals surface area contributed by atoms with Crippen molar-refractivity contribution in [3.05, 3.63) is 47.5 Å². The fourth-order valence-electron chi connectivity index (χ4n) is 3.74. The molecule has 8 heteroatoms. The molecule has 0 aliphatic carbocycles. The highest BCUT2D eigenvalue weighted by Gasteiger charge is 2.44. The molecule has 0 unspecified atom stereocenters. The van der Waals surface area contributed by atoms with Crippen LogP contribution in [0.1, 0.15) is 11.6 Å². The first kappa shape index (κ1) is 23.5. The minimum atomic E-state index is -1.40. The van der Waals surface area contributed by atoms with Crippen LogP contribution in [0.3, 0.4) is 0 Å². The number of phenolic OH excluding ortho intramolecular Hbond substituents is 1. The van der Waals surface area contributed by atoms with Crippen LogP contribution >= 0.6 is 0 Å². The topological polar surface area (TPSA) is 77.5 Å². The number of methoxy groups -OCH3 is 4. The van der Waals surface area contributed by atoms with Crippen LogP contribution in [0.25, 0.3) is 0 Å². The van der Waals surface area contributed by atoms with Gasteiger partial charge in [0.1, 0.15) is 0 Å². The quantitative estimate of drug-likeness (QED) is 0.349. The molecular formula is C24H31NO6Si. The summed E-state index contributed by atoms with van der Waals surface area (Å²) < 4.78 is 21.5. The Morgan fingerprint density at radius 1 is 0.938 bits per heavy atom. The Labute approximate surface area is 190 Å². The SMILES string of the molecule is COc1ccc([C@H]2/C(=C/C[Si](C)(C)C)C(=O)N2c2cc(OC)c(OC)c(OC)c2)cc1O. The Kier molecular flexibility index (Phi) is 6.73. The first-order valence-corrected chi connectivity index (χ1v) is 14.1. The molecule has 1 N–H and O–H groups in total. The molecule has 0 bridgehead atoms. The summed E-state index contributed by atoms with van der Waals surface area (Å²) in [6.45, 7) is 6.79. The molecule has 32 heavy (non-hydrogen) atoms. The van der Waals surface area contributed by atoms with Crippen LogP contribution in [0.4, 0.5) is 5.69 Å². The molecule has 1 fully saturated rings. The number of allylic oxidation sites excluding steroid dienone is 1. The summed E-state index contributed by atoms with van der Waals surface area (Å²) in [6, 6.07) is 9.26. The van der Waals surface area contributed by atoms with Gasteiger partial charge in [0.15, 0.2) is 23.0 Å². The van der Waals surface area contributed by atoms with Crippen LogP contribution in [0.2, 0.25) is 25.7 Å². The van der Waals surface area contributed by atoms with Crippen LogP contribution in [0.5, 0.6) is 28.7 Å². The number of nitrogens with zero attached hydrogens (tertiary/aromatic N) is 1. The normalized spacial score (nSPS) is 17.2. The largest absolute Gasteiger partial charge is 0.504 e. The molecule has 1 heterocycles. The molecule has 2 aromatic rings. The van der Waals surface area contributed by atoms with E-state index in [1.807, 2.05) is 6.07 Å². The van der Waals surface area contributed by atoms with Gasteiger partial charge in [-0.05, 0) is 23.7 Å². The molecule has 172 valence electrons. The first-order valence-electron chi connectivity index (χ1n) is 10.4. The van der Waals surface area contributed by atoms with E-state index < -0.39 is 8.07 Å². The Balaban J connectivity index is 2.12. The number of anilines is 1. The van der Waals surface area contributed by atoms with Gasteiger partial charge >= 0.3 is 0 Å². The van der Waals surface area contributed by atoms with E-state index in [1.54, 1.807) is 29.2 Å². The third-order valence-corrected chi connectivity index (χ3v) is 6.83. The summed E-state index contributed by atoms with van der Waals surface area (Å²) in [5.74, 6) is 1.71. The van der Waals surface area contributed by atoms with Crippen molar-refractivity contribution in [3.63, 3.8) is 0 Å². The number of rotatable bonds is 8. The molecule has 1 aliphatic heterocycles. The van der Waals surface area contributed by atoms with E-state index >= 15 is 0 Å². The van der Waals surface area contributed by atoms with Crippen molar-refractivity contribution >= 4 is 19.7 Å². The Bertz CT molecular complexity index is 1020. The summed E-state index contributed by atoms with van der Waals surface area (Å²) in [6.07, 6.45) is 2.05. The summed E-state index contributed by atoms with van der Waals surface area (Å²) in [7, 11) is 4.71. The van der Waals surface area contributed by atoms with Crippen LogP contribution in [-0.4, -0.2) is 47.5 Å². The molecule has 1 aliphatic rings. The van der Waals surface area contributed by atoms with Gasteiger partial charge in [-0.1, -0.05) is 31.8 Å². The smallest absolute Gasteiger partial charge is 0.257 e. The maximum Gasteiger partial charge on any atom is 0.257 e. The van der Waals surface area contributed by atoms with E-state index in [2.05, 4.69) is 25.7 Å². The molecule has 1 saturated heterocycles. The Hall–Kier alpha value is -3.13. The van der Waals surface area contributed by atoms with E-state index in [9.17, 15) is 9.90 Å². The monoisotopic (exact) mass is 457 g/mol. The van der Waals surface area contributed by atoms with Gasteiger partial charge in [-0.2, -0.15) is 0 Å². The van der Waals surface area contributed by atoms with Crippen molar-refractivity contribution in [2.24, 2.45) is 0 Å². The zero-order valence-corrected chi connectivity index (χ0v) is 20.7. The summed E-state index contributed by atoms with van der Waals surface area (Å²) in [5, 5.41) is 10.4. The van der Waals surface area contributed by atoms with Crippen LogP contribution in [0.15, 0.2) is 42.0 Å². The highest BCUT2D eigenvalue weighted by Crippen LogP contribution is 2.49. The molecule has 7 nitrogen and oxygen atoms in total. The average Bonchev–Trinajstić information content (AvgIpc) is 2.75. The van der Waals surface area contributed by atoms with Crippen LogP contribution in [0, 0.1) is 0 Å². The summed E-state index contributed by atoms with van der Waals surface area (Å²) in [5.41, 5.74) is 2.12. The maximum absolute atomic E-state index is 13.3. The number of carbonyl (C=O) groups excluding carboxylic acids is 1. The number of benzene rings is 2. The lowest BCUT2D eigenvalue weighted by Gasteiger charge is -2.43. The minimum absolute atomic E-state index is 0.0266. The molecule has 0 aromatic heterocycles. The van der Waals surface area contributed by atoms with Crippen molar-refractivity contribution in [3.8, 4) is 28.7 Å². The Morgan fingerprint density at radius 2 is 1.53 bits per heavy atom. The number of hydrogen-bond donors (Lipinski definition) is 1. The number of aromatic hydroxyl groups is 1. The van der Waals surface area contributed by atoms with Gasteiger partial charge in [-0.25, -0.2) is 0 Å². The van der Waals surface area contributed by atoms with Crippen LogP contribution < -0.4 is 23.8 Å². The standard InChI is InChI=1S/C24H31NO6Si/c1-28-19-9-8-15(12-18(19)26)22-17(10-11-32(5,6)7)24(27)25(22)16-13-20(29-2)23(31-4)21(14-16)30-3/h8-10,12-14,22,26H,11H2,1-7H3/b17-10-/t22-/m0/s1. The predicted octanol–water partition coefficient (Wildman–Crippen LogP) is 4.78. The van der Waals surface area contributed by atoms with E-state index in [0.717, 1.165) is 11.6 Å². The highest BCUT2D eigenvalue weighted by atomic mass is 28.3. The third-order valence-electron chi connectivity index (χ3n) is 5.40. The lowest BCUT2D eigenvalue weighted by Crippen LogP contribution is -2.49. The van der Waals surface area contributed by atoms with Crippen LogP contribution in [-0.2, 0) is 4.79 Å². The molecular weight excluding hydrogens is 426 g/mol. The summed E-state index contributed by atoms with van der Waals surface area (Å²) >= 11 is 0. The van der Waals surface area contributed by atoms with Crippen molar-refractivity contribution in [2.75, 3.05) is 33.3 Å². The molecule has 3 rings (SSSR count). The summed E-state index contributed by atoms with van der Waals surface area (Å²) in [4.78, 5) is 15.0. The maximum atomic E-state index is 13.3. The van der Waals surface area contributed by atoms with Gasteiger partial charge in [0, 0.05) is 25.8 Å². The second-order valence-corrected chi connectivity index (χ2v) is 14.3. The van der Waals surface area contributed by atoms with Gasteiger partial charge in [0.05, 0.1) is 40.2 Å². The second kappa shape index (κ2) is 9.16. The zero-order valence-electron chi connectivity index (χ0n) is 19.7. The zero-order chi connectivity index (χ0) is 23.6. The van der Waals surface area contributed by atoms with E-state index in [-0.39, 0.29) is 17.7 Å². The van der Waals surface area contributed by atoms with Gasteiger partial charge in [0.2, 0.25) is 5.75 Å². The first-order chi connectivity index (χ1) is 15.1. The fourth-order valence-corrected chi connectivity index (χ4v) is 4.57. The van der Waals surface area contributed by atoms with E-state index in [4.69, 9.17) is 18.9 Å². The van der Waals surface area contributed by atoms with Crippen molar-refractivity contribution in [2.45, 2.75) is 31.7 Å². The number of phenols is 1. The molecule has 0 radical (unpaired) electrons. The Morgan fingerprint density at radius 3 is 2.00 bits per heavy atom. The molecule has 2 aromatic carbocycles. The number of hydrogen-bond acceptors (Lipinski definition) is 6.